The average molecular weight is 260 g/mol. The summed E-state index contributed by atoms with van der Waals surface area (Å²) < 4.78 is 0. The van der Waals surface area contributed by atoms with Crippen molar-refractivity contribution >= 4 is 5.91 Å². The highest BCUT2D eigenvalue weighted by molar-refractivity contribution is 5.94. The first-order chi connectivity index (χ1) is 9.03. The zero-order chi connectivity index (χ0) is 13.9. The van der Waals surface area contributed by atoms with Crippen LogP contribution in [0.15, 0.2) is 24.3 Å². The molecule has 0 aromatic heterocycles. The smallest absolute Gasteiger partial charge is 0.251 e. The molecule has 3 nitrogen and oxygen atoms in total. The Labute approximate surface area is 115 Å². The van der Waals surface area contributed by atoms with E-state index in [2.05, 4.69) is 19.2 Å². The molecular formula is C16H24N2O. The molecule has 104 valence electrons. The molecule has 3 N–H and O–H groups in total. The van der Waals surface area contributed by atoms with Crippen molar-refractivity contribution in [3.63, 3.8) is 0 Å². The lowest BCUT2D eigenvalue weighted by atomic mass is 9.73. The number of benzene rings is 1. The molecule has 0 saturated heterocycles. The Balaban J connectivity index is 2.07. The molecule has 1 amide bonds. The Morgan fingerprint density at radius 2 is 2.21 bits per heavy atom. The molecule has 1 aliphatic carbocycles. The summed E-state index contributed by atoms with van der Waals surface area (Å²) in [5.74, 6) is 0.0234. The van der Waals surface area contributed by atoms with Gasteiger partial charge in [0.1, 0.15) is 0 Å². The van der Waals surface area contributed by atoms with Crippen LogP contribution in [0.4, 0.5) is 0 Å². The van der Waals surface area contributed by atoms with Crippen LogP contribution in [0.3, 0.4) is 0 Å². The minimum atomic E-state index is 0.0234. The maximum atomic E-state index is 12.3. The molecule has 2 rings (SSSR count). The Morgan fingerprint density at radius 3 is 2.89 bits per heavy atom. The SMILES string of the molecule is CC1(C)CCCCC1NC(=O)c1cccc(CN)c1. The summed E-state index contributed by atoms with van der Waals surface area (Å²) >= 11 is 0. The maximum absolute atomic E-state index is 12.3. The van der Waals surface area contributed by atoms with E-state index in [0.29, 0.717) is 12.1 Å². The van der Waals surface area contributed by atoms with E-state index < -0.39 is 0 Å². The molecule has 0 bridgehead atoms. The van der Waals surface area contributed by atoms with Crippen molar-refractivity contribution in [2.75, 3.05) is 0 Å². The Kier molecular flexibility index (Phi) is 4.25. The monoisotopic (exact) mass is 260 g/mol. The fourth-order valence-corrected chi connectivity index (χ4v) is 2.84. The van der Waals surface area contributed by atoms with Crippen LogP contribution < -0.4 is 11.1 Å². The van der Waals surface area contributed by atoms with E-state index >= 15 is 0 Å². The van der Waals surface area contributed by atoms with Gasteiger partial charge in [0.25, 0.3) is 5.91 Å². The summed E-state index contributed by atoms with van der Waals surface area (Å²) in [5, 5.41) is 3.20. The summed E-state index contributed by atoms with van der Waals surface area (Å²) in [6.07, 6.45) is 4.73. The molecule has 1 saturated carbocycles. The van der Waals surface area contributed by atoms with E-state index in [9.17, 15) is 4.79 Å². The van der Waals surface area contributed by atoms with Crippen LogP contribution in [-0.2, 0) is 6.54 Å². The first-order valence-corrected chi connectivity index (χ1v) is 7.13. The van der Waals surface area contributed by atoms with Gasteiger partial charge in [-0.1, -0.05) is 38.8 Å². The predicted molar refractivity (Wildman–Crippen MR) is 77.8 cm³/mol. The summed E-state index contributed by atoms with van der Waals surface area (Å²) in [5.41, 5.74) is 7.52. The quantitative estimate of drug-likeness (QED) is 0.878. The van der Waals surface area contributed by atoms with E-state index in [1.54, 1.807) is 0 Å². The minimum absolute atomic E-state index is 0.0234. The minimum Gasteiger partial charge on any atom is -0.349 e. The van der Waals surface area contributed by atoms with Gasteiger partial charge in [-0.05, 0) is 36.0 Å². The third-order valence-corrected chi connectivity index (χ3v) is 4.24. The number of rotatable bonds is 3. The van der Waals surface area contributed by atoms with Crippen molar-refractivity contribution in [3.8, 4) is 0 Å². The fraction of sp³-hybridized carbons (Fsp3) is 0.562. The van der Waals surface area contributed by atoms with E-state index in [1.165, 1.54) is 19.3 Å². The van der Waals surface area contributed by atoms with Gasteiger partial charge in [0.05, 0.1) is 0 Å². The lowest BCUT2D eigenvalue weighted by Gasteiger charge is -2.39. The highest BCUT2D eigenvalue weighted by atomic mass is 16.1. The Hall–Kier alpha value is -1.35. The highest BCUT2D eigenvalue weighted by Gasteiger charge is 2.33. The van der Waals surface area contributed by atoms with Gasteiger partial charge in [-0.25, -0.2) is 0 Å². The zero-order valence-corrected chi connectivity index (χ0v) is 11.9. The maximum Gasteiger partial charge on any atom is 0.251 e. The van der Waals surface area contributed by atoms with Crippen molar-refractivity contribution in [1.29, 1.82) is 0 Å². The van der Waals surface area contributed by atoms with Gasteiger partial charge in [-0.15, -0.1) is 0 Å². The largest absolute Gasteiger partial charge is 0.349 e. The molecule has 0 aliphatic heterocycles. The highest BCUT2D eigenvalue weighted by Crippen LogP contribution is 2.35. The average Bonchev–Trinajstić information content (AvgIpc) is 2.41. The lowest BCUT2D eigenvalue weighted by Crippen LogP contribution is -2.46. The number of nitrogens with two attached hydrogens (primary N) is 1. The van der Waals surface area contributed by atoms with E-state index in [4.69, 9.17) is 5.73 Å². The topological polar surface area (TPSA) is 55.1 Å². The lowest BCUT2D eigenvalue weighted by molar-refractivity contribution is 0.0853. The third-order valence-electron chi connectivity index (χ3n) is 4.24. The fourth-order valence-electron chi connectivity index (χ4n) is 2.84. The number of hydrogen-bond acceptors (Lipinski definition) is 2. The van der Waals surface area contributed by atoms with Crippen LogP contribution in [0.2, 0.25) is 0 Å². The van der Waals surface area contributed by atoms with Gasteiger partial charge in [0.2, 0.25) is 0 Å². The number of hydrogen-bond donors (Lipinski definition) is 2. The molecule has 0 spiro atoms. The van der Waals surface area contributed by atoms with Gasteiger partial charge < -0.3 is 11.1 Å². The van der Waals surface area contributed by atoms with Crippen molar-refractivity contribution in [3.05, 3.63) is 35.4 Å². The number of nitrogens with one attached hydrogen (secondary N) is 1. The summed E-state index contributed by atoms with van der Waals surface area (Å²) in [4.78, 5) is 12.3. The van der Waals surface area contributed by atoms with Crippen LogP contribution in [0, 0.1) is 5.41 Å². The van der Waals surface area contributed by atoms with Crippen molar-refractivity contribution in [1.82, 2.24) is 5.32 Å². The van der Waals surface area contributed by atoms with Gasteiger partial charge in [-0.2, -0.15) is 0 Å². The molecular weight excluding hydrogens is 236 g/mol. The van der Waals surface area contributed by atoms with Crippen LogP contribution >= 0.6 is 0 Å². The second-order valence-electron chi connectivity index (χ2n) is 6.16. The van der Waals surface area contributed by atoms with Crippen LogP contribution in [0.25, 0.3) is 0 Å². The Bertz CT molecular complexity index is 454. The number of amides is 1. The van der Waals surface area contributed by atoms with Gasteiger partial charge in [0, 0.05) is 18.2 Å². The normalized spacial score (nSPS) is 21.9. The predicted octanol–water partition coefficient (Wildman–Crippen LogP) is 2.84. The summed E-state index contributed by atoms with van der Waals surface area (Å²) in [7, 11) is 0. The molecule has 0 radical (unpaired) electrons. The van der Waals surface area contributed by atoms with Crippen molar-refractivity contribution in [2.45, 2.75) is 52.1 Å². The summed E-state index contributed by atoms with van der Waals surface area (Å²) in [6, 6.07) is 7.84. The van der Waals surface area contributed by atoms with Gasteiger partial charge in [0.15, 0.2) is 0 Å². The van der Waals surface area contributed by atoms with E-state index in [-0.39, 0.29) is 17.4 Å². The molecule has 1 atom stereocenters. The van der Waals surface area contributed by atoms with Crippen LogP contribution in [-0.4, -0.2) is 11.9 Å². The van der Waals surface area contributed by atoms with Crippen molar-refractivity contribution in [2.24, 2.45) is 11.1 Å². The molecule has 1 aromatic rings. The molecule has 19 heavy (non-hydrogen) atoms. The Morgan fingerprint density at radius 1 is 1.42 bits per heavy atom. The zero-order valence-electron chi connectivity index (χ0n) is 11.9. The molecule has 1 fully saturated rings. The number of carbonyl (C=O) groups is 1. The molecule has 1 unspecified atom stereocenters. The number of carbonyl (C=O) groups excluding carboxylic acids is 1. The van der Waals surface area contributed by atoms with E-state index in [1.807, 2.05) is 24.3 Å². The first-order valence-electron chi connectivity index (χ1n) is 7.13. The van der Waals surface area contributed by atoms with E-state index in [0.717, 1.165) is 12.0 Å². The van der Waals surface area contributed by atoms with Crippen molar-refractivity contribution < 1.29 is 4.79 Å². The third kappa shape index (κ3) is 3.35. The molecule has 0 heterocycles. The van der Waals surface area contributed by atoms with Gasteiger partial charge in [-0.3, -0.25) is 4.79 Å². The second kappa shape index (κ2) is 5.74. The van der Waals surface area contributed by atoms with Gasteiger partial charge >= 0.3 is 0 Å². The van der Waals surface area contributed by atoms with Crippen LogP contribution in [0.1, 0.15) is 55.5 Å². The second-order valence-corrected chi connectivity index (χ2v) is 6.16. The summed E-state index contributed by atoms with van der Waals surface area (Å²) in [6.45, 7) is 4.96. The molecule has 1 aliphatic rings. The molecule has 1 aromatic carbocycles. The molecule has 3 heteroatoms. The van der Waals surface area contributed by atoms with Crippen LogP contribution in [0.5, 0.6) is 0 Å². The first kappa shape index (κ1) is 14.1. The standard InChI is InChI=1S/C16H24N2O/c1-16(2)9-4-3-8-14(16)18-15(19)13-7-5-6-12(10-13)11-17/h5-7,10,14H,3-4,8-9,11,17H2,1-2H3,(H,18,19).